The number of rotatable bonds is 9. The van der Waals surface area contributed by atoms with Gasteiger partial charge in [0.25, 0.3) is 0 Å². The Hall–Kier alpha value is -3.27. The molecule has 1 N–H and O–H groups in total. The van der Waals surface area contributed by atoms with Crippen molar-refractivity contribution in [3.8, 4) is 5.75 Å². The normalized spacial score (nSPS) is 12.2. The molecule has 1 heterocycles. The fraction of sp³-hybridized carbons (Fsp3) is 0.227. The van der Waals surface area contributed by atoms with Crippen LogP contribution in [0.15, 0.2) is 72.4 Å². The van der Waals surface area contributed by atoms with Gasteiger partial charge in [0.05, 0.1) is 11.3 Å². The minimum absolute atomic E-state index is 0.0561. The molecule has 6 nitrogen and oxygen atoms in total. The maximum absolute atomic E-state index is 12.8. The van der Waals surface area contributed by atoms with Crippen molar-refractivity contribution in [2.45, 2.75) is 30.9 Å². The van der Waals surface area contributed by atoms with Gasteiger partial charge < -0.3 is 10.1 Å². The number of thioether (sulfide) groups is 1. The van der Waals surface area contributed by atoms with Gasteiger partial charge in [0.15, 0.2) is 17.1 Å². The summed E-state index contributed by atoms with van der Waals surface area (Å²) in [4.78, 5) is 12.3. The average molecular weight is 462 g/mol. The van der Waals surface area contributed by atoms with E-state index in [9.17, 15) is 18.0 Å². The summed E-state index contributed by atoms with van der Waals surface area (Å²) in [6, 6.07) is 13.8. The lowest BCUT2D eigenvalue weighted by Gasteiger charge is -2.15. The molecule has 1 aromatic heterocycles. The van der Waals surface area contributed by atoms with E-state index in [0.29, 0.717) is 23.3 Å². The molecular formula is C22H21F3N4O2S. The number of anilines is 1. The second kappa shape index (κ2) is 10.4. The van der Waals surface area contributed by atoms with Crippen LogP contribution in [-0.2, 0) is 17.5 Å². The summed E-state index contributed by atoms with van der Waals surface area (Å²) in [5.74, 6) is 0.731. The standard InChI is InChI=1S/C22H21F3N4O2S/c1-3-12-29-20(15(2)31-18-10-5-4-6-11-18)27-28-21(29)32-14-19(30)26-17-9-7-8-16(13-17)22(23,24)25/h3-11,13,15H,1,12,14H2,2H3,(H,26,30)/t15-/m1/s1. The lowest BCUT2D eigenvalue weighted by Crippen LogP contribution is -2.16. The number of nitrogens with one attached hydrogen (secondary N) is 1. The number of allylic oxidation sites excluding steroid dienone is 1. The highest BCUT2D eigenvalue weighted by Gasteiger charge is 2.30. The van der Waals surface area contributed by atoms with Gasteiger partial charge in [-0.05, 0) is 37.3 Å². The molecule has 168 valence electrons. The number of alkyl halides is 3. The molecule has 0 bridgehead atoms. The molecule has 0 saturated heterocycles. The molecule has 1 atom stereocenters. The quantitative estimate of drug-likeness (QED) is 0.343. The molecule has 3 rings (SSSR count). The number of aromatic nitrogens is 3. The largest absolute Gasteiger partial charge is 0.483 e. The Morgan fingerprint density at radius 2 is 1.97 bits per heavy atom. The van der Waals surface area contributed by atoms with E-state index < -0.39 is 23.8 Å². The highest BCUT2D eigenvalue weighted by molar-refractivity contribution is 7.99. The number of para-hydroxylation sites is 1. The van der Waals surface area contributed by atoms with Crippen LogP contribution in [0.4, 0.5) is 18.9 Å². The fourth-order valence-electron chi connectivity index (χ4n) is 2.86. The van der Waals surface area contributed by atoms with Crippen molar-refractivity contribution >= 4 is 23.4 Å². The summed E-state index contributed by atoms with van der Waals surface area (Å²) in [6.45, 7) is 5.99. The second-order valence-electron chi connectivity index (χ2n) is 6.73. The van der Waals surface area contributed by atoms with E-state index in [0.717, 1.165) is 23.9 Å². The molecule has 10 heteroatoms. The molecule has 0 saturated carbocycles. The molecule has 0 unspecified atom stereocenters. The first-order valence-corrected chi connectivity index (χ1v) is 10.6. The van der Waals surface area contributed by atoms with Crippen molar-refractivity contribution in [2.75, 3.05) is 11.1 Å². The number of carbonyl (C=O) groups is 1. The Kier molecular flexibility index (Phi) is 7.57. The van der Waals surface area contributed by atoms with Crippen molar-refractivity contribution in [1.29, 1.82) is 0 Å². The molecule has 1 amide bonds. The SMILES string of the molecule is C=CCn1c(SCC(=O)Nc2cccc(C(F)(F)F)c2)nnc1[C@@H](C)Oc1ccccc1. The molecule has 0 radical (unpaired) electrons. The van der Waals surface area contributed by atoms with Crippen molar-refractivity contribution in [3.63, 3.8) is 0 Å². The Bertz CT molecular complexity index is 1070. The predicted octanol–water partition coefficient (Wildman–Crippen LogP) is 5.35. The number of ether oxygens (including phenoxy) is 1. The first-order valence-electron chi connectivity index (χ1n) is 9.63. The van der Waals surface area contributed by atoms with E-state index >= 15 is 0 Å². The van der Waals surface area contributed by atoms with E-state index in [1.165, 1.54) is 12.1 Å². The van der Waals surface area contributed by atoms with Crippen LogP contribution in [0.5, 0.6) is 5.75 Å². The summed E-state index contributed by atoms with van der Waals surface area (Å²) < 4.78 is 46.2. The van der Waals surface area contributed by atoms with Crippen LogP contribution in [0.2, 0.25) is 0 Å². The van der Waals surface area contributed by atoms with Gasteiger partial charge in [-0.25, -0.2) is 0 Å². The van der Waals surface area contributed by atoms with E-state index in [1.807, 2.05) is 37.3 Å². The molecule has 0 spiro atoms. The van der Waals surface area contributed by atoms with Gasteiger partial charge in [-0.15, -0.1) is 16.8 Å². The summed E-state index contributed by atoms with van der Waals surface area (Å²) in [6.07, 6.45) is -3.21. The summed E-state index contributed by atoms with van der Waals surface area (Å²) in [7, 11) is 0. The maximum atomic E-state index is 12.8. The van der Waals surface area contributed by atoms with Crippen molar-refractivity contribution < 1.29 is 22.7 Å². The maximum Gasteiger partial charge on any atom is 0.416 e. The zero-order valence-electron chi connectivity index (χ0n) is 17.2. The van der Waals surface area contributed by atoms with E-state index in [1.54, 1.807) is 10.6 Å². The van der Waals surface area contributed by atoms with Crippen LogP contribution < -0.4 is 10.1 Å². The topological polar surface area (TPSA) is 69.0 Å². The van der Waals surface area contributed by atoms with Crippen LogP contribution in [0.25, 0.3) is 0 Å². The van der Waals surface area contributed by atoms with Crippen molar-refractivity contribution in [1.82, 2.24) is 14.8 Å². The lowest BCUT2D eigenvalue weighted by molar-refractivity contribution is -0.137. The van der Waals surface area contributed by atoms with Crippen LogP contribution in [0.3, 0.4) is 0 Å². The molecule has 2 aromatic carbocycles. The Balaban J connectivity index is 1.66. The van der Waals surface area contributed by atoms with Gasteiger partial charge in [-0.2, -0.15) is 13.2 Å². The number of carbonyl (C=O) groups excluding carboxylic acids is 1. The van der Waals surface area contributed by atoms with Gasteiger partial charge in [-0.3, -0.25) is 9.36 Å². The number of hydrogen-bond acceptors (Lipinski definition) is 5. The molecule has 3 aromatic rings. The molecule has 0 aliphatic rings. The van der Waals surface area contributed by atoms with E-state index in [2.05, 4.69) is 22.1 Å². The summed E-state index contributed by atoms with van der Waals surface area (Å²) in [5.41, 5.74) is -0.755. The van der Waals surface area contributed by atoms with E-state index in [4.69, 9.17) is 4.74 Å². The molecule has 32 heavy (non-hydrogen) atoms. The fourth-order valence-corrected chi connectivity index (χ4v) is 3.62. The lowest BCUT2D eigenvalue weighted by atomic mass is 10.2. The van der Waals surface area contributed by atoms with Crippen molar-refractivity contribution in [3.05, 3.63) is 78.6 Å². The third kappa shape index (κ3) is 6.13. The summed E-state index contributed by atoms with van der Waals surface area (Å²) >= 11 is 1.12. The third-order valence-corrected chi connectivity index (χ3v) is 5.25. The zero-order chi connectivity index (χ0) is 23.1. The van der Waals surface area contributed by atoms with Crippen molar-refractivity contribution in [2.24, 2.45) is 0 Å². The molecular weight excluding hydrogens is 441 g/mol. The van der Waals surface area contributed by atoms with Crippen LogP contribution in [-0.4, -0.2) is 26.4 Å². The van der Waals surface area contributed by atoms with Gasteiger partial charge in [0, 0.05) is 12.2 Å². The van der Waals surface area contributed by atoms with Crippen LogP contribution in [0, 0.1) is 0 Å². The van der Waals surface area contributed by atoms with E-state index in [-0.39, 0.29) is 11.4 Å². The Morgan fingerprint density at radius 1 is 1.22 bits per heavy atom. The number of halogens is 3. The van der Waals surface area contributed by atoms with Crippen LogP contribution >= 0.6 is 11.8 Å². The first kappa shape index (κ1) is 23.4. The van der Waals surface area contributed by atoms with Gasteiger partial charge in [0.1, 0.15) is 5.75 Å². The number of hydrogen-bond donors (Lipinski definition) is 1. The zero-order valence-corrected chi connectivity index (χ0v) is 18.0. The number of nitrogens with zero attached hydrogens (tertiary/aromatic N) is 3. The minimum Gasteiger partial charge on any atom is -0.483 e. The van der Waals surface area contributed by atoms with Crippen LogP contribution in [0.1, 0.15) is 24.4 Å². The van der Waals surface area contributed by atoms with Gasteiger partial charge in [-0.1, -0.05) is 42.1 Å². The van der Waals surface area contributed by atoms with Gasteiger partial charge in [0.2, 0.25) is 5.91 Å². The monoisotopic (exact) mass is 462 g/mol. The molecule has 0 fully saturated rings. The number of benzene rings is 2. The molecule has 0 aliphatic carbocycles. The Labute approximate surface area is 187 Å². The minimum atomic E-state index is -4.48. The predicted molar refractivity (Wildman–Crippen MR) is 117 cm³/mol. The highest BCUT2D eigenvalue weighted by Crippen LogP contribution is 2.31. The second-order valence-corrected chi connectivity index (χ2v) is 7.67. The summed E-state index contributed by atoms with van der Waals surface area (Å²) in [5, 5.41) is 11.3. The van der Waals surface area contributed by atoms with Gasteiger partial charge >= 0.3 is 6.18 Å². The molecule has 0 aliphatic heterocycles. The third-order valence-electron chi connectivity index (χ3n) is 4.28. The number of amides is 1. The smallest absolute Gasteiger partial charge is 0.416 e. The Morgan fingerprint density at radius 3 is 2.66 bits per heavy atom. The highest BCUT2D eigenvalue weighted by atomic mass is 32.2. The first-order chi connectivity index (χ1) is 15.3. The average Bonchev–Trinajstić information content (AvgIpc) is 3.15.